The molecule has 6 heteroatoms. The number of carboxylic acid groups (broad SMARTS) is 1. The molecule has 16 heavy (non-hydrogen) atoms. The highest BCUT2D eigenvalue weighted by Gasteiger charge is 2.34. The van der Waals surface area contributed by atoms with Gasteiger partial charge in [-0.05, 0) is 6.92 Å². The van der Waals surface area contributed by atoms with E-state index in [1.807, 2.05) is 6.92 Å². The van der Waals surface area contributed by atoms with E-state index in [-0.39, 0.29) is 12.3 Å². The highest BCUT2D eigenvalue weighted by molar-refractivity contribution is 7.11. The summed E-state index contributed by atoms with van der Waals surface area (Å²) in [5.41, 5.74) is 0. The molecule has 5 nitrogen and oxygen atoms in total. The number of carbonyl (C=O) groups is 2. The molecule has 1 unspecified atom stereocenters. The third-order valence-electron chi connectivity index (χ3n) is 2.58. The van der Waals surface area contributed by atoms with Gasteiger partial charge in [-0.25, -0.2) is 4.98 Å². The lowest BCUT2D eigenvalue weighted by Crippen LogP contribution is -2.25. The highest BCUT2D eigenvalue weighted by atomic mass is 32.1. The van der Waals surface area contributed by atoms with E-state index in [1.165, 1.54) is 11.3 Å². The minimum absolute atomic E-state index is 0.0848. The number of aryl methyl sites for hydroxylation is 1. The van der Waals surface area contributed by atoms with Crippen molar-refractivity contribution in [3.63, 3.8) is 0 Å². The second kappa shape index (κ2) is 4.21. The highest BCUT2D eigenvalue weighted by Crippen LogP contribution is 2.22. The third kappa shape index (κ3) is 2.21. The molecule has 1 aromatic rings. The third-order valence-corrected chi connectivity index (χ3v) is 3.48. The Bertz CT molecular complexity index is 429. The molecule has 0 aromatic carbocycles. The van der Waals surface area contributed by atoms with E-state index in [1.54, 1.807) is 11.1 Å². The Balaban J connectivity index is 2.01. The van der Waals surface area contributed by atoms with Crippen molar-refractivity contribution in [1.29, 1.82) is 0 Å². The number of hydrogen-bond acceptors (Lipinski definition) is 4. The van der Waals surface area contributed by atoms with Crippen molar-refractivity contribution in [2.45, 2.75) is 19.9 Å². The topological polar surface area (TPSA) is 70.5 Å². The minimum atomic E-state index is -0.892. The lowest BCUT2D eigenvalue weighted by molar-refractivity contribution is -0.141. The molecule has 1 aromatic heterocycles. The van der Waals surface area contributed by atoms with Crippen molar-refractivity contribution < 1.29 is 14.7 Å². The van der Waals surface area contributed by atoms with Crippen molar-refractivity contribution in [3.05, 3.63) is 16.1 Å². The van der Waals surface area contributed by atoms with Crippen LogP contribution in [0, 0.1) is 12.8 Å². The van der Waals surface area contributed by atoms with Crippen molar-refractivity contribution in [1.82, 2.24) is 9.88 Å². The largest absolute Gasteiger partial charge is 0.481 e. The van der Waals surface area contributed by atoms with Crippen LogP contribution in [0.3, 0.4) is 0 Å². The van der Waals surface area contributed by atoms with Gasteiger partial charge in [-0.2, -0.15) is 0 Å². The molecule has 86 valence electrons. The van der Waals surface area contributed by atoms with Gasteiger partial charge >= 0.3 is 5.97 Å². The average Bonchev–Trinajstić information content (AvgIpc) is 2.75. The molecule has 0 aliphatic carbocycles. The first-order chi connectivity index (χ1) is 7.56. The molecule has 1 saturated heterocycles. The van der Waals surface area contributed by atoms with E-state index in [4.69, 9.17) is 5.11 Å². The van der Waals surface area contributed by atoms with Gasteiger partial charge in [0.1, 0.15) is 0 Å². The van der Waals surface area contributed by atoms with Crippen LogP contribution in [0.5, 0.6) is 0 Å². The lowest BCUT2D eigenvalue weighted by Gasteiger charge is -2.13. The summed E-state index contributed by atoms with van der Waals surface area (Å²) in [7, 11) is 0. The van der Waals surface area contributed by atoms with Gasteiger partial charge in [-0.1, -0.05) is 0 Å². The maximum atomic E-state index is 11.5. The zero-order valence-corrected chi connectivity index (χ0v) is 9.66. The standard InChI is InChI=1S/C10H12N2O3S/c1-6-11-3-8(16-6)5-12-4-7(10(14)15)2-9(12)13/h3,7H,2,4-5H2,1H3,(H,14,15). The molecule has 1 aliphatic heterocycles. The average molecular weight is 240 g/mol. The van der Waals surface area contributed by atoms with Gasteiger partial charge in [-0.15, -0.1) is 11.3 Å². The zero-order chi connectivity index (χ0) is 11.7. The van der Waals surface area contributed by atoms with E-state index in [0.717, 1.165) is 9.88 Å². The van der Waals surface area contributed by atoms with Crippen molar-refractivity contribution >= 4 is 23.2 Å². The number of rotatable bonds is 3. The monoisotopic (exact) mass is 240 g/mol. The van der Waals surface area contributed by atoms with E-state index in [0.29, 0.717) is 13.1 Å². The Morgan fingerprint density at radius 2 is 2.50 bits per heavy atom. The van der Waals surface area contributed by atoms with Gasteiger partial charge in [-0.3, -0.25) is 9.59 Å². The van der Waals surface area contributed by atoms with Crippen LogP contribution < -0.4 is 0 Å². The maximum absolute atomic E-state index is 11.5. The number of likely N-dealkylation sites (tertiary alicyclic amines) is 1. The molecule has 1 N–H and O–H groups in total. The predicted molar refractivity (Wildman–Crippen MR) is 58.0 cm³/mol. The molecule has 1 aliphatic rings. The van der Waals surface area contributed by atoms with Gasteiger partial charge in [0.2, 0.25) is 5.91 Å². The molecule has 1 amide bonds. The molecule has 2 rings (SSSR count). The zero-order valence-electron chi connectivity index (χ0n) is 8.84. The second-order valence-electron chi connectivity index (χ2n) is 3.86. The number of aliphatic carboxylic acids is 1. The number of amides is 1. The van der Waals surface area contributed by atoms with Crippen LogP contribution in [0.4, 0.5) is 0 Å². The fraction of sp³-hybridized carbons (Fsp3) is 0.500. The lowest BCUT2D eigenvalue weighted by atomic mass is 10.1. The fourth-order valence-corrected chi connectivity index (χ4v) is 2.57. The number of carboxylic acids is 1. The number of hydrogen-bond donors (Lipinski definition) is 1. The molecule has 1 fully saturated rings. The molecular weight excluding hydrogens is 228 g/mol. The first-order valence-corrected chi connectivity index (χ1v) is 5.80. The van der Waals surface area contributed by atoms with Gasteiger partial charge in [0.25, 0.3) is 0 Å². The number of nitrogens with zero attached hydrogens (tertiary/aromatic N) is 2. The predicted octanol–water partition coefficient (Wildman–Crippen LogP) is 0.885. The van der Waals surface area contributed by atoms with E-state index >= 15 is 0 Å². The summed E-state index contributed by atoms with van der Waals surface area (Å²) in [6, 6.07) is 0. The quantitative estimate of drug-likeness (QED) is 0.851. The smallest absolute Gasteiger partial charge is 0.308 e. The minimum Gasteiger partial charge on any atom is -0.481 e. The molecule has 1 atom stereocenters. The van der Waals surface area contributed by atoms with Crippen LogP contribution >= 0.6 is 11.3 Å². The Morgan fingerprint density at radius 3 is 3.00 bits per heavy atom. The fourth-order valence-electron chi connectivity index (χ4n) is 1.76. The maximum Gasteiger partial charge on any atom is 0.308 e. The summed E-state index contributed by atoms with van der Waals surface area (Å²) in [5.74, 6) is -1.53. The molecule has 0 saturated carbocycles. The van der Waals surface area contributed by atoms with Crippen molar-refractivity contribution in [2.24, 2.45) is 5.92 Å². The van der Waals surface area contributed by atoms with Gasteiger partial charge in [0.15, 0.2) is 0 Å². The number of thiazole rings is 1. The van der Waals surface area contributed by atoms with E-state index in [2.05, 4.69) is 4.98 Å². The first-order valence-electron chi connectivity index (χ1n) is 4.98. The van der Waals surface area contributed by atoms with Crippen molar-refractivity contribution in [3.8, 4) is 0 Å². The SMILES string of the molecule is Cc1ncc(CN2CC(C(=O)O)CC2=O)s1. The first kappa shape index (κ1) is 11.1. The molecular formula is C10H12N2O3S. The number of aromatic nitrogens is 1. The Morgan fingerprint density at radius 1 is 1.75 bits per heavy atom. The normalized spacial score (nSPS) is 20.4. The molecule has 0 spiro atoms. The summed E-state index contributed by atoms with van der Waals surface area (Å²) in [6.07, 6.45) is 1.86. The Hall–Kier alpha value is -1.43. The number of carbonyl (C=O) groups excluding carboxylic acids is 1. The van der Waals surface area contributed by atoms with Gasteiger partial charge in [0, 0.05) is 24.0 Å². The van der Waals surface area contributed by atoms with Crippen molar-refractivity contribution in [2.75, 3.05) is 6.54 Å². The Kier molecular flexibility index (Phi) is 2.91. The van der Waals surface area contributed by atoms with Gasteiger partial charge < -0.3 is 10.0 Å². The summed E-state index contributed by atoms with van der Waals surface area (Å²) < 4.78 is 0. The molecule has 2 heterocycles. The van der Waals surface area contributed by atoms with Crippen LogP contribution in [-0.4, -0.2) is 33.4 Å². The van der Waals surface area contributed by atoms with E-state index < -0.39 is 11.9 Å². The summed E-state index contributed by atoms with van der Waals surface area (Å²) >= 11 is 1.53. The van der Waals surface area contributed by atoms with E-state index in [9.17, 15) is 9.59 Å². The van der Waals surface area contributed by atoms with Crippen LogP contribution in [0.25, 0.3) is 0 Å². The van der Waals surface area contributed by atoms with Crippen LogP contribution in [0.15, 0.2) is 6.20 Å². The van der Waals surface area contributed by atoms with Crippen LogP contribution in [0.1, 0.15) is 16.3 Å². The second-order valence-corrected chi connectivity index (χ2v) is 5.18. The summed E-state index contributed by atoms with van der Waals surface area (Å²) in [5, 5.41) is 9.79. The van der Waals surface area contributed by atoms with Gasteiger partial charge in [0.05, 0.1) is 17.5 Å². The Labute approximate surface area is 96.7 Å². The summed E-state index contributed by atoms with van der Waals surface area (Å²) in [4.78, 5) is 29.0. The van der Waals surface area contributed by atoms with Crippen LogP contribution in [-0.2, 0) is 16.1 Å². The summed E-state index contributed by atoms with van der Waals surface area (Å²) in [6.45, 7) is 2.69. The molecule has 0 radical (unpaired) electrons. The van der Waals surface area contributed by atoms with Crippen LogP contribution in [0.2, 0.25) is 0 Å². The molecule has 0 bridgehead atoms.